The van der Waals surface area contributed by atoms with Crippen LogP contribution in [0.5, 0.6) is 0 Å². The zero-order chi connectivity index (χ0) is 21.1. The molecule has 2 bridgehead atoms. The molecule has 2 aliphatic heterocycles. The van der Waals surface area contributed by atoms with Crippen LogP contribution in [0.15, 0.2) is 53.1 Å². The number of piperidine rings is 1. The Kier molecular flexibility index (Phi) is 4.18. The quantitative estimate of drug-likeness (QED) is 0.438. The van der Waals surface area contributed by atoms with Crippen molar-refractivity contribution in [2.75, 3.05) is 0 Å². The van der Waals surface area contributed by atoms with Crippen LogP contribution in [0.25, 0.3) is 22.2 Å². The summed E-state index contributed by atoms with van der Waals surface area (Å²) in [7, 11) is 1.97. The minimum absolute atomic E-state index is 0.0513. The van der Waals surface area contributed by atoms with Crippen molar-refractivity contribution < 1.29 is 9.32 Å². The number of amides is 1. The first kappa shape index (κ1) is 18.6. The maximum Gasteiger partial charge on any atom is 0.277 e. The molecule has 6 rings (SSSR count). The van der Waals surface area contributed by atoms with Crippen molar-refractivity contribution in [2.24, 2.45) is 7.05 Å². The third kappa shape index (κ3) is 2.82. The second-order valence-electron chi connectivity index (χ2n) is 8.39. The van der Waals surface area contributed by atoms with Crippen molar-refractivity contribution in [2.45, 2.75) is 37.8 Å². The van der Waals surface area contributed by atoms with E-state index in [0.717, 1.165) is 48.0 Å². The van der Waals surface area contributed by atoms with Gasteiger partial charge in [-0.15, -0.1) is 0 Å². The van der Waals surface area contributed by atoms with Crippen LogP contribution in [0.1, 0.15) is 47.1 Å². The minimum atomic E-state index is -0.0692. The molecule has 0 saturated carbocycles. The number of hydrogen-bond donors (Lipinski definition) is 0. The van der Waals surface area contributed by atoms with E-state index in [1.807, 2.05) is 59.1 Å². The number of aryl methyl sites for hydroxylation is 1. The van der Waals surface area contributed by atoms with E-state index >= 15 is 0 Å². The van der Waals surface area contributed by atoms with Gasteiger partial charge in [-0.2, -0.15) is 5.10 Å². The molecule has 6 nitrogen and oxygen atoms in total. The highest BCUT2D eigenvalue weighted by molar-refractivity contribution is 6.30. The fourth-order valence-corrected chi connectivity index (χ4v) is 5.50. The smallest absolute Gasteiger partial charge is 0.277 e. The fourth-order valence-electron chi connectivity index (χ4n) is 5.31. The number of carbonyl (C=O) groups excluding carboxylic acids is 1. The van der Waals surface area contributed by atoms with Gasteiger partial charge >= 0.3 is 0 Å². The van der Waals surface area contributed by atoms with E-state index < -0.39 is 0 Å². The highest BCUT2D eigenvalue weighted by atomic mass is 35.5. The van der Waals surface area contributed by atoms with Crippen LogP contribution in [0.3, 0.4) is 0 Å². The Balaban J connectivity index is 1.45. The zero-order valence-corrected chi connectivity index (χ0v) is 17.8. The van der Waals surface area contributed by atoms with Gasteiger partial charge in [0.25, 0.3) is 5.91 Å². The molecule has 4 aromatic rings. The van der Waals surface area contributed by atoms with Gasteiger partial charge in [0.2, 0.25) is 0 Å². The molecule has 2 aromatic heterocycles. The Bertz CT molecular complexity index is 1320. The number of halogens is 1. The lowest BCUT2D eigenvalue weighted by molar-refractivity contribution is 0.0384. The third-order valence-corrected chi connectivity index (χ3v) is 6.82. The SMILES string of the molecule is Cn1nc2c(c1-c1cccc(Cl)c1)CC1CCCC2N1C(=O)c1noc2ccccc12. The topological polar surface area (TPSA) is 64.2 Å². The molecule has 7 heteroatoms. The molecule has 1 amide bonds. The van der Waals surface area contributed by atoms with Gasteiger partial charge in [-0.05, 0) is 49.9 Å². The van der Waals surface area contributed by atoms with Crippen molar-refractivity contribution >= 4 is 28.5 Å². The summed E-state index contributed by atoms with van der Waals surface area (Å²) in [6.07, 6.45) is 3.74. The van der Waals surface area contributed by atoms with Crippen molar-refractivity contribution in [3.63, 3.8) is 0 Å². The summed E-state index contributed by atoms with van der Waals surface area (Å²) in [4.78, 5) is 15.7. The average molecular weight is 433 g/mol. The first-order valence-electron chi connectivity index (χ1n) is 10.6. The third-order valence-electron chi connectivity index (χ3n) is 6.59. The highest BCUT2D eigenvalue weighted by Gasteiger charge is 2.44. The van der Waals surface area contributed by atoms with Crippen LogP contribution in [0, 0.1) is 0 Å². The van der Waals surface area contributed by atoms with E-state index in [1.165, 1.54) is 5.56 Å². The van der Waals surface area contributed by atoms with Gasteiger partial charge in [0.1, 0.15) is 0 Å². The number of aromatic nitrogens is 3. The molecule has 0 aliphatic carbocycles. The number of benzene rings is 2. The van der Waals surface area contributed by atoms with Gasteiger partial charge in [-0.3, -0.25) is 9.48 Å². The first-order valence-corrected chi connectivity index (χ1v) is 11.0. The summed E-state index contributed by atoms with van der Waals surface area (Å²) >= 11 is 6.26. The van der Waals surface area contributed by atoms with Crippen LogP contribution in [-0.4, -0.2) is 31.8 Å². The van der Waals surface area contributed by atoms with Crippen LogP contribution in [-0.2, 0) is 13.5 Å². The summed E-state index contributed by atoms with van der Waals surface area (Å²) in [5.41, 5.74) is 5.40. The highest BCUT2D eigenvalue weighted by Crippen LogP contribution is 2.45. The predicted octanol–water partition coefficient (Wildman–Crippen LogP) is 5.17. The van der Waals surface area contributed by atoms with E-state index in [2.05, 4.69) is 11.2 Å². The van der Waals surface area contributed by atoms with Crippen LogP contribution < -0.4 is 0 Å². The lowest BCUT2D eigenvalue weighted by atomic mass is 9.81. The number of nitrogens with zero attached hydrogens (tertiary/aromatic N) is 4. The Hall–Kier alpha value is -3.12. The van der Waals surface area contributed by atoms with E-state index in [1.54, 1.807) is 0 Å². The molecule has 2 unspecified atom stereocenters. The number of para-hydroxylation sites is 1. The predicted molar refractivity (Wildman–Crippen MR) is 118 cm³/mol. The molecule has 0 radical (unpaired) electrons. The molecule has 2 aliphatic rings. The summed E-state index contributed by atoms with van der Waals surface area (Å²) < 4.78 is 7.35. The number of carbonyl (C=O) groups is 1. The van der Waals surface area contributed by atoms with Crippen LogP contribution in [0.2, 0.25) is 5.02 Å². The van der Waals surface area contributed by atoms with Crippen molar-refractivity contribution in [3.05, 3.63) is 70.5 Å². The maximum atomic E-state index is 13.7. The van der Waals surface area contributed by atoms with E-state index in [9.17, 15) is 4.79 Å². The van der Waals surface area contributed by atoms with E-state index in [4.69, 9.17) is 21.2 Å². The van der Waals surface area contributed by atoms with E-state index in [-0.39, 0.29) is 18.0 Å². The molecule has 0 spiro atoms. The fraction of sp³-hybridized carbons (Fsp3) is 0.292. The number of hydrogen-bond acceptors (Lipinski definition) is 4. The van der Waals surface area contributed by atoms with Crippen molar-refractivity contribution in [3.8, 4) is 11.3 Å². The molecule has 1 fully saturated rings. The van der Waals surface area contributed by atoms with Gasteiger partial charge in [-0.25, -0.2) is 0 Å². The van der Waals surface area contributed by atoms with Crippen LogP contribution >= 0.6 is 11.6 Å². The standard InChI is InChI=1S/C24H21ClN4O2/c1-28-23(14-6-4-7-15(25)12-14)18-13-16-8-5-10-19(21(18)26-28)29(16)24(30)22-17-9-2-3-11-20(17)31-27-22/h2-4,6-7,9,11-12,16,19H,5,8,10,13H2,1H3. The van der Waals surface area contributed by atoms with Gasteiger partial charge in [0.15, 0.2) is 11.3 Å². The van der Waals surface area contributed by atoms with Gasteiger partial charge in [-0.1, -0.05) is 41.0 Å². The zero-order valence-electron chi connectivity index (χ0n) is 17.1. The second-order valence-corrected chi connectivity index (χ2v) is 8.83. The molecule has 156 valence electrons. The largest absolute Gasteiger partial charge is 0.355 e. The van der Waals surface area contributed by atoms with Crippen molar-refractivity contribution in [1.29, 1.82) is 0 Å². The van der Waals surface area contributed by atoms with Crippen molar-refractivity contribution in [1.82, 2.24) is 19.8 Å². The maximum absolute atomic E-state index is 13.7. The molecule has 0 N–H and O–H groups in total. The monoisotopic (exact) mass is 432 g/mol. The molecular formula is C24H21ClN4O2. The summed E-state index contributed by atoms with van der Waals surface area (Å²) in [6.45, 7) is 0. The lowest BCUT2D eigenvalue weighted by Gasteiger charge is -2.45. The summed E-state index contributed by atoms with van der Waals surface area (Å²) in [5.74, 6) is -0.0692. The Morgan fingerprint density at radius 3 is 2.90 bits per heavy atom. The number of fused-ring (bicyclic) bond motifs is 5. The second kappa shape index (κ2) is 6.95. The number of rotatable bonds is 2. The van der Waals surface area contributed by atoms with Gasteiger partial charge in [0, 0.05) is 29.2 Å². The molecular weight excluding hydrogens is 412 g/mol. The molecule has 2 atom stereocenters. The lowest BCUT2D eigenvalue weighted by Crippen LogP contribution is -2.50. The Morgan fingerprint density at radius 2 is 2.03 bits per heavy atom. The first-order chi connectivity index (χ1) is 15.1. The van der Waals surface area contributed by atoms with E-state index in [0.29, 0.717) is 16.3 Å². The molecule has 2 aromatic carbocycles. The summed E-state index contributed by atoms with van der Waals surface area (Å²) in [6, 6.07) is 15.5. The van der Waals surface area contributed by atoms with Crippen LogP contribution in [0.4, 0.5) is 0 Å². The van der Waals surface area contributed by atoms with Gasteiger partial charge < -0.3 is 9.42 Å². The minimum Gasteiger partial charge on any atom is -0.355 e. The molecule has 1 saturated heterocycles. The normalized spacial score (nSPS) is 20.1. The molecule has 4 heterocycles. The molecule has 31 heavy (non-hydrogen) atoms. The Labute approximate surface area is 184 Å². The Morgan fingerprint density at radius 1 is 1.16 bits per heavy atom. The average Bonchev–Trinajstić information content (AvgIpc) is 3.34. The van der Waals surface area contributed by atoms with Gasteiger partial charge in [0.05, 0.1) is 22.8 Å². The summed E-state index contributed by atoms with van der Waals surface area (Å²) in [5, 5.41) is 10.5.